The van der Waals surface area contributed by atoms with Crippen molar-refractivity contribution in [3.63, 3.8) is 0 Å². The summed E-state index contributed by atoms with van der Waals surface area (Å²) in [5.74, 6) is -0.0473. The van der Waals surface area contributed by atoms with E-state index in [9.17, 15) is 9.00 Å². The fourth-order valence-corrected chi connectivity index (χ4v) is 1.50. The van der Waals surface area contributed by atoms with Crippen molar-refractivity contribution in [3.8, 4) is 0 Å². The number of hydrogen-bond donors (Lipinski definition) is 1. The summed E-state index contributed by atoms with van der Waals surface area (Å²) >= 11 is 3.11. The standard InChI is InChI=1S/C9H12BrNO3S/c1-6(15(2)13)5-11-9(12)7-3-4-8(10)14-7/h3-4,6H,5H2,1-2H3,(H,11,12). The minimum atomic E-state index is -0.933. The zero-order chi connectivity index (χ0) is 11.4. The molecule has 15 heavy (non-hydrogen) atoms. The van der Waals surface area contributed by atoms with Gasteiger partial charge in [-0.15, -0.1) is 0 Å². The van der Waals surface area contributed by atoms with Crippen molar-refractivity contribution in [2.24, 2.45) is 0 Å². The number of carbonyl (C=O) groups excluding carboxylic acids is 1. The van der Waals surface area contributed by atoms with Crippen molar-refractivity contribution in [2.75, 3.05) is 12.8 Å². The van der Waals surface area contributed by atoms with Gasteiger partial charge in [-0.1, -0.05) is 0 Å². The first kappa shape index (κ1) is 12.4. The number of carbonyl (C=O) groups is 1. The molecule has 2 atom stereocenters. The zero-order valence-corrected chi connectivity index (χ0v) is 10.9. The average Bonchev–Trinajstić information content (AvgIpc) is 2.60. The molecule has 0 aliphatic rings. The number of nitrogens with one attached hydrogen (secondary N) is 1. The van der Waals surface area contributed by atoms with Gasteiger partial charge in [0.15, 0.2) is 10.4 Å². The van der Waals surface area contributed by atoms with E-state index in [4.69, 9.17) is 4.42 Å². The van der Waals surface area contributed by atoms with Gasteiger partial charge in [0.1, 0.15) is 0 Å². The van der Waals surface area contributed by atoms with Crippen LogP contribution in [0.25, 0.3) is 0 Å². The average molecular weight is 294 g/mol. The maximum atomic E-state index is 11.5. The summed E-state index contributed by atoms with van der Waals surface area (Å²) in [7, 11) is -0.933. The SMILES string of the molecule is CC(CNC(=O)c1ccc(Br)o1)S(C)=O. The molecule has 1 N–H and O–H groups in total. The molecule has 84 valence electrons. The van der Waals surface area contributed by atoms with Gasteiger partial charge in [-0.05, 0) is 35.0 Å². The van der Waals surface area contributed by atoms with Crippen LogP contribution in [-0.4, -0.2) is 28.2 Å². The van der Waals surface area contributed by atoms with Crippen LogP contribution in [0.4, 0.5) is 0 Å². The third kappa shape index (κ3) is 3.79. The smallest absolute Gasteiger partial charge is 0.287 e. The second-order valence-corrected chi connectivity index (χ2v) is 5.71. The summed E-state index contributed by atoms with van der Waals surface area (Å²) in [6, 6.07) is 3.23. The third-order valence-electron chi connectivity index (χ3n) is 1.91. The summed E-state index contributed by atoms with van der Waals surface area (Å²) < 4.78 is 16.6. The van der Waals surface area contributed by atoms with Gasteiger partial charge in [0.25, 0.3) is 5.91 Å². The second-order valence-electron chi connectivity index (χ2n) is 3.12. The van der Waals surface area contributed by atoms with E-state index in [0.717, 1.165) is 0 Å². The Labute approximate surface area is 99.0 Å². The molecular weight excluding hydrogens is 282 g/mol. The number of hydrogen-bond acceptors (Lipinski definition) is 3. The topological polar surface area (TPSA) is 59.3 Å². The van der Waals surface area contributed by atoms with E-state index in [1.807, 2.05) is 6.92 Å². The van der Waals surface area contributed by atoms with Crippen LogP contribution >= 0.6 is 15.9 Å². The Morgan fingerprint density at radius 1 is 1.67 bits per heavy atom. The molecule has 1 aromatic rings. The fraction of sp³-hybridized carbons (Fsp3) is 0.444. The van der Waals surface area contributed by atoms with Crippen LogP contribution < -0.4 is 5.32 Å². The Balaban J connectivity index is 2.47. The predicted molar refractivity (Wildman–Crippen MR) is 62.3 cm³/mol. The van der Waals surface area contributed by atoms with Crippen molar-refractivity contribution >= 4 is 32.6 Å². The molecule has 1 rings (SSSR count). The number of rotatable bonds is 4. The molecule has 0 aromatic carbocycles. The molecule has 0 aliphatic carbocycles. The maximum absolute atomic E-state index is 11.5. The van der Waals surface area contributed by atoms with Gasteiger partial charge in [-0.25, -0.2) is 0 Å². The van der Waals surface area contributed by atoms with Gasteiger partial charge >= 0.3 is 0 Å². The van der Waals surface area contributed by atoms with Crippen LogP contribution in [0.1, 0.15) is 17.5 Å². The number of furan rings is 1. The first-order valence-electron chi connectivity index (χ1n) is 4.36. The fourth-order valence-electron chi connectivity index (χ4n) is 0.877. The molecule has 6 heteroatoms. The summed E-state index contributed by atoms with van der Waals surface area (Å²) in [6.45, 7) is 2.19. The monoisotopic (exact) mass is 293 g/mol. The van der Waals surface area contributed by atoms with Crippen molar-refractivity contribution < 1.29 is 13.4 Å². The molecule has 0 saturated carbocycles. The lowest BCUT2D eigenvalue weighted by Crippen LogP contribution is -2.32. The molecule has 0 aliphatic heterocycles. The molecule has 0 spiro atoms. The van der Waals surface area contributed by atoms with E-state index in [-0.39, 0.29) is 16.9 Å². The van der Waals surface area contributed by atoms with E-state index in [0.29, 0.717) is 11.2 Å². The first-order chi connectivity index (χ1) is 7.00. The highest BCUT2D eigenvalue weighted by molar-refractivity contribution is 9.10. The molecule has 1 amide bonds. The van der Waals surface area contributed by atoms with Crippen LogP contribution in [0.15, 0.2) is 21.2 Å². The zero-order valence-electron chi connectivity index (χ0n) is 8.45. The largest absolute Gasteiger partial charge is 0.444 e. The van der Waals surface area contributed by atoms with Crippen molar-refractivity contribution in [1.29, 1.82) is 0 Å². The summed E-state index contributed by atoms with van der Waals surface area (Å²) in [5.41, 5.74) is 0. The molecule has 0 radical (unpaired) electrons. The summed E-state index contributed by atoms with van der Waals surface area (Å²) in [5, 5.41) is 2.58. The Morgan fingerprint density at radius 3 is 2.80 bits per heavy atom. The normalized spacial score (nSPS) is 14.6. The molecule has 0 saturated heterocycles. The van der Waals surface area contributed by atoms with Crippen LogP contribution in [0, 0.1) is 0 Å². The summed E-state index contributed by atoms with van der Waals surface area (Å²) in [4.78, 5) is 11.5. The Kier molecular flexibility index (Phi) is 4.53. The van der Waals surface area contributed by atoms with Gasteiger partial charge in [0, 0.05) is 28.9 Å². The lowest BCUT2D eigenvalue weighted by Gasteiger charge is -2.08. The number of halogens is 1. The van der Waals surface area contributed by atoms with Gasteiger partial charge < -0.3 is 9.73 Å². The van der Waals surface area contributed by atoms with Crippen LogP contribution in [0.2, 0.25) is 0 Å². The lowest BCUT2D eigenvalue weighted by molar-refractivity contribution is 0.0925. The van der Waals surface area contributed by atoms with Crippen LogP contribution in [-0.2, 0) is 10.8 Å². The molecule has 0 bridgehead atoms. The van der Waals surface area contributed by atoms with Crippen LogP contribution in [0.3, 0.4) is 0 Å². The molecule has 2 unspecified atom stereocenters. The van der Waals surface area contributed by atoms with Gasteiger partial charge in [0.05, 0.1) is 0 Å². The quantitative estimate of drug-likeness (QED) is 0.916. The molecule has 1 heterocycles. The minimum absolute atomic E-state index is 0.0626. The first-order valence-corrected chi connectivity index (χ1v) is 6.78. The third-order valence-corrected chi connectivity index (χ3v) is 3.64. The molecule has 4 nitrogen and oxygen atoms in total. The highest BCUT2D eigenvalue weighted by atomic mass is 79.9. The van der Waals surface area contributed by atoms with Crippen molar-refractivity contribution in [2.45, 2.75) is 12.2 Å². The maximum Gasteiger partial charge on any atom is 0.287 e. The van der Waals surface area contributed by atoms with Crippen LogP contribution in [0.5, 0.6) is 0 Å². The van der Waals surface area contributed by atoms with Gasteiger partial charge in [0.2, 0.25) is 0 Å². The van der Waals surface area contributed by atoms with Gasteiger partial charge in [-0.2, -0.15) is 0 Å². The highest BCUT2D eigenvalue weighted by Crippen LogP contribution is 2.13. The summed E-state index contributed by atoms with van der Waals surface area (Å²) in [6.07, 6.45) is 1.61. The van der Waals surface area contributed by atoms with E-state index in [1.165, 1.54) is 0 Å². The van der Waals surface area contributed by atoms with E-state index in [1.54, 1.807) is 18.4 Å². The minimum Gasteiger partial charge on any atom is -0.444 e. The van der Waals surface area contributed by atoms with Crippen molar-refractivity contribution in [3.05, 3.63) is 22.6 Å². The van der Waals surface area contributed by atoms with E-state index in [2.05, 4.69) is 21.2 Å². The highest BCUT2D eigenvalue weighted by Gasteiger charge is 2.12. The molecule has 1 aromatic heterocycles. The second kappa shape index (κ2) is 5.46. The Bertz CT molecular complexity index is 377. The predicted octanol–water partition coefficient (Wildman–Crippen LogP) is 1.54. The Hall–Kier alpha value is -0.620. The van der Waals surface area contributed by atoms with Crippen molar-refractivity contribution in [1.82, 2.24) is 5.32 Å². The van der Waals surface area contributed by atoms with Gasteiger partial charge in [-0.3, -0.25) is 9.00 Å². The van der Waals surface area contributed by atoms with E-state index >= 15 is 0 Å². The lowest BCUT2D eigenvalue weighted by atomic mass is 10.4. The van der Waals surface area contributed by atoms with E-state index < -0.39 is 10.8 Å². The number of amides is 1. The molecule has 0 fully saturated rings. The Morgan fingerprint density at radius 2 is 2.33 bits per heavy atom. The molecular formula is C9H12BrNO3S.